The van der Waals surface area contributed by atoms with Crippen molar-refractivity contribution in [3.8, 4) is 0 Å². The largest absolute Gasteiger partial charge is 0.396 e. The van der Waals surface area contributed by atoms with Gasteiger partial charge in [0.2, 0.25) is 5.91 Å². The first-order valence-corrected chi connectivity index (χ1v) is 6.29. The lowest BCUT2D eigenvalue weighted by Gasteiger charge is -2.32. The lowest BCUT2D eigenvalue weighted by molar-refractivity contribution is -0.124. The van der Waals surface area contributed by atoms with E-state index < -0.39 is 0 Å². The molecule has 1 rings (SSSR count). The van der Waals surface area contributed by atoms with E-state index in [9.17, 15) is 9.90 Å². The number of nitrogens with one attached hydrogen (secondary N) is 2. The first-order chi connectivity index (χ1) is 7.67. The van der Waals surface area contributed by atoms with Gasteiger partial charge in [-0.3, -0.25) is 4.79 Å². The molecule has 0 spiro atoms. The molecule has 0 saturated carbocycles. The topological polar surface area (TPSA) is 61.4 Å². The van der Waals surface area contributed by atoms with Crippen LogP contribution in [0.25, 0.3) is 0 Å². The van der Waals surface area contributed by atoms with E-state index in [1.165, 1.54) is 0 Å². The minimum absolute atomic E-state index is 0.0715. The Labute approximate surface area is 97.8 Å². The van der Waals surface area contributed by atoms with Crippen LogP contribution in [0, 0.1) is 5.41 Å². The van der Waals surface area contributed by atoms with Crippen LogP contribution in [0.15, 0.2) is 0 Å². The Morgan fingerprint density at radius 1 is 1.50 bits per heavy atom. The number of aliphatic hydroxyl groups is 1. The molecule has 16 heavy (non-hydrogen) atoms. The van der Waals surface area contributed by atoms with Crippen molar-refractivity contribution in [3.05, 3.63) is 0 Å². The van der Waals surface area contributed by atoms with E-state index in [-0.39, 0.29) is 24.0 Å². The molecule has 4 nitrogen and oxygen atoms in total. The van der Waals surface area contributed by atoms with Crippen LogP contribution in [0.5, 0.6) is 0 Å². The van der Waals surface area contributed by atoms with Crippen LogP contribution in [-0.4, -0.2) is 36.8 Å². The van der Waals surface area contributed by atoms with Crippen molar-refractivity contribution >= 4 is 5.91 Å². The molecule has 1 amide bonds. The smallest absolute Gasteiger partial charge is 0.237 e. The van der Waals surface area contributed by atoms with Crippen molar-refractivity contribution in [2.45, 2.75) is 45.6 Å². The van der Waals surface area contributed by atoms with Gasteiger partial charge in [0, 0.05) is 25.1 Å². The summed E-state index contributed by atoms with van der Waals surface area (Å²) < 4.78 is 0. The van der Waals surface area contributed by atoms with Gasteiger partial charge in [0.1, 0.15) is 0 Å². The fourth-order valence-corrected chi connectivity index (χ4v) is 2.09. The fraction of sp³-hybridized carbons (Fsp3) is 0.917. The maximum atomic E-state index is 11.5. The first-order valence-electron chi connectivity index (χ1n) is 6.29. The Morgan fingerprint density at radius 2 is 2.19 bits per heavy atom. The quantitative estimate of drug-likeness (QED) is 0.625. The van der Waals surface area contributed by atoms with Crippen LogP contribution < -0.4 is 10.6 Å². The Balaban J connectivity index is 2.44. The molecule has 0 aromatic carbocycles. The Hall–Kier alpha value is -0.610. The molecule has 94 valence electrons. The van der Waals surface area contributed by atoms with E-state index in [0.29, 0.717) is 6.54 Å². The molecule has 3 N–H and O–H groups in total. The highest BCUT2D eigenvalue weighted by atomic mass is 16.3. The summed E-state index contributed by atoms with van der Waals surface area (Å²) in [7, 11) is 0. The molecule has 0 radical (unpaired) electrons. The van der Waals surface area contributed by atoms with Gasteiger partial charge >= 0.3 is 0 Å². The zero-order valence-corrected chi connectivity index (χ0v) is 10.4. The van der Waals surface area contributed by atoms with Crippen LogP contribution >= 0.6 is 0 Å². The highest BCUT2D eigenvalue weighted by molar-refractivity contribution is 5.82. The van der Waals surface area contributed by atoms with Crippen molar-refractivity contribution in [1.82, 2.24) is 10.6 Å². The maximum absolute atomic E-state index is 11.5. The number of hydrogen-bond donors (Lipinski definition) is 3. The van der Waals surface area contributed by atoms with Gasteiger partial charge in [-0.05, 0) is 25.7 Å². The predicted octanol–water partition coefficient (Wildman–Crippen LogP) is 0.653. The van der Waals surface area contributed by atoms with Gasteiger partial charge in [0.15, 0.2) is 0 Å². The molecule has 0 aromatic heterocycles. The van der Waals surface area contributed by atoms with Crippen molar-refractivity contribution in [2.75, 3.05) is 19.7 Å². The Kier molecular flexibility index (Phi) is 5.22. The molecule has 1 fully saturated rings. The molecule has 1 unspecified atom stereocenters. The maximum Gasteiger partial charge on any atom is 0.237 e. The molecule has 0 aliphatic carbocycles. The van der Waals surface area contributed by atoms with Gasteiger partial charge in [-0.1, -0.05) is 13.8 Å². The average Bonchev–Trinajstić information content (AvgIpc) is 2.34. The fourth-order valence-electron chi connectivity index (χ4n) is 2.09. The number of carbonyl (C=O) groups excluding carboxylic acids is 1. The third-order valence-electron chi connectivity index (χ3n) is 3.84. The van der Waals surface area contributed by atoms with Crippen molar-refractivity contribution in [1.29, 1.82) is 0 Å². The zero-order chi connectivity index (χ0) is 12.0. The number of rotatable bonds is 6. The van der Waals surface area contributed by atoms with E-state index in [0.717, 1.165) is 32.2 Å². The van der Waals surface area contributed by atoms with Crippen LogP contribution in [-0.2, 0) is 4.79 Å². The molecular weight excluding hydrogens is 204 g/mol. The number of aliphatic hydroxyl groups excluding tert-OH is 1. The SMILES string of the molecule is CCC(CC)(CO)CNC1CCCNC1=O. The Bertz CT molecular complexity index is 219. The van der Waals surface area contributed by atoms with Crippen LogP contribution in [0.1, 0.15) is 39.5 Å². The van der Waals surface area contributed by atoms with Crippen LogP contribution in [0.3, 0.4) is 0 Å². The third-order valence-corrected chi connectivity index (χ3v) is 3.84. The number of amides is 1. The van der Waals surface area contributed by atoms with Gasteiger partial charge in [0.25, 0.3) is 0 Å². The normalized spacial score (nSPS) is 21.9. The first kappa shape index (κ1) is 13.5. The van der Waals surface area contributed by atoms with Gasteiger partial charge in [-0.25, -0.2) is 0 Å². The number of carbonyl (C=O) groups is 1. The standard InChI is InChI=1S/C12H24N2O2/c1-3-12(4-2,9-15)8-14-10-6-5-7-13-11(10)16/h10,14-15H,3-9H2,1-2H3,(H,13,16). The highest BCUT2D eigenvalue weighted by Gasteiger charge is 2.28. The molecule has 1 atom stereocenters. The molecule has 1 aliphatic rings. The molecule has 4 heteroatoms. The molecule has 0 aromatic rings. The summed E-state index contributed by atoms with van der Waals surface area (Å²) >= 11 is 0. The predicted molar refractivity (Wildman–Crippen MR) is 64.1 cm³/mol. The van der Waals surface area contributed by atoms with E-state index in [1.54, 1.807) is 0 Å². The minimum atomic E-state index is -0.0717. The Morgan fingerprint density at radius 3 is 2.69 bits per heavy atom. The molecule has 1 aliphatic heterocycles. The van der Waals surface area contributed by atoms with Crippen molar-refractivity contribution < 1.29 is 9.90 Å². The zero-order valence-electron chi connectivity index (χ0n) is 10.4. The summed E-state index contributed by atoms with van der Waals surface area (Å²) in [5.74, 6) is 0.102. The summed E-state index contributed by atoms with van der Waals surface area (Å²) in [5, 5.41) is 15.6. The lowest BCUT2D eigenvalue weighted by Crippen LogP contribution is -2.51. The molecule has 0 bridgehead atoms. The monoisotopic (exact) mass is 228 g/mol. The van der Waals surface area contributed by atoms with Crippen LogP contribution in [0.2, 0.25) is 0 Å². The molecule has 1 saturated heterocycles. The van der Waals surface area contributed by atoms with E-state index in [2.05, 4.69) is 24.5 Å². The summed E-state index contributed by atoms with van der Waals surface area (Å²) in [5.41, 5.74) is -0.0717. The second kappa shape index (κ2) is 6.21. The third kappa shape index (κ3) is 3.19. The molecule has 1 heterocycles. The molecular formula is C12H24N2O2. The summed E-state index contributed by atoms with van der Waals surface area (Å²) in [4.78, 5) is 11.5. The second-order valence-corrected chi connectivity index (χ2v) is 4.73. The summed E-state index contributed by atoms with van der Waals surface area (Å²) in [6.07, 6.45) is 3.80. The second-order valence-electron chi connectivity index (χ2n) is 4.73. The number of piperidine rings is 1. The number of hydrogen-bond acceptors (Lipinski definition) is 3. The summed E-state index contributed by atoms with van der Waals surface area (Å²) in [6, 6.07) is -0.0715. The summed E-state index contributed by atoms with van der Waals surface area (Å²) in [6.45, 7) is 5.87. The van der Waals surface area contributed by atoms with E-state index in [1.807, 2.05) is 0 Å². The van der Waals surface area contributed by atoms with Crippen molar-refractivity contribution in [2.24, 2.45) is 5.41 Å². The van der Waals surface area contributed by atoms with Gasteiger partial charge < -0.3 is 15.7 Å². The van der Waals surface area contributed by atoms with Crippen molar-refractivity contribution in [3.63, 3.8) is 0 Å². The van der Waals surface area contributed by atoms with Gasteiger partial charge in [-0.15, -0.1) is 0 Å². The minimum Gasteiger partial charge on any atom is -0.396 e. The van der Waals surface area contributed by atoms with Crippen LogP contribution in [0.4, 0.5) is 0 Å². The lowest BCUT2D eigenvalue weighted by atomic mass is 9.83. The van der Waals surface area contributed by atoms with Gasteiger partial charge in [-0.2, -0.15) is 0 Å². The van der Waals surface area contributed by atoms with Gasteiger partial charge in [0.05, 0.1) is 6.04 Å². The van der Waals surface area contributed by atoms with E-state index in [4.69, 9.17) is 0 Å². The average molecular weight is 228 g/mol. The highest BCUT2D eigenvalue weighted by Crippen LogP contribution is 2.24. The van der Waals surface area contributed by atoms with E-state index >= 15 is 0 Å².